The molecule has 0 radical (unpaired) electrons. The third-order valence-electron chi connectivity index (χ3n) is 5.74. The molecule has 0 fully saturated rings. The van der Waals surface area contributed by atoms with Gasteiger partial charge in [0.25, 0.3) is 5.91 Å². The molecule has 0 unspecified atom stereocenters. The number of aryl methyl sites for hydroxylation is 1. The van der Waals surface area contributed by atoms with Crippen molar-refractivity contribution in [2.45, 2.75) is 20.0 Å². The van der Waals surface area contributed by atoms with Crippen LogP contribution in [0.5, 0.6) is 0 Å². The number of benzene rings is 3. The smallest absolute Gasteiger partial charge is 0.255 e. The van der Waals surface area contributed by atoms with Crippen LogP contribution in [0.1, 0.15) is 27.0 Å². The molecule has 0 atom stereocenters. The minimum Gasteiger partial charge on any atom is -0.348 e. The van der Waals surface area contributed by atoms with Gasteiger partial charge in [0.2, 0.25) is 0 Å². The second-order valence-corrected chi connectivity index (χ2v) is 8.03. The molecule has 0 saturated heterocycles. The Morgan fingerprint density at radius 3 is 2.41 bits per heavy atom. The van der Waals surface area contributed by atoms with Gasteiger partial charge in [-0.2, -0.15) is 10.2 Å². The van der Waals surface area contributed by atoms with Gasteiger partial charge >= 0.3 is 0 Å². The summed E-state index contributed by atoms with van der Waals surface area (Å²) in [5.41, 5.74) is 6.20. The topological polar surface area (TPSA) is 77.6 Å². The van der Waals surface area contributed by atoms with Crippen molar-refractivity contribution < 1.29 is 4.79 Å². The molecule has 34 heavy (non-hydrogen) atoms. The predicted molar refractivity (Wildman–Crippen MR) is 130 cm³/mol. The van der Waals surface area contributed by atoms with Gasteiger partial charge in [-0.1, -0.05) is 66.7 Å². The van der Waals surface area contributed by atoms with Gasteiger partial charge in [-0.25, -0.2) is 14.3 Å². The number of nitrogens with zero attached hydrogens (tertiary/aromatic N) is 5. The van der Waals surface area contributed by atoms with Crippen molar-refractivity contribution in [1.29, 1.82) is 0 Å². The average Bonchev–Trinajstić information content (AvgIpc) is 3.55. The number of nitrogens with one attached hydrogen (secondary N) is 1. The minimum atomic E-state index is -0.170. The second kappa shape index (κ2) is 9.54. The molecule has 7 nitrogen and oxygen atoms in total. The van der Waals surface area contributed by atoms with Crippen molar-refractivity contribution in [3.8, 4) is 16.9 Å². The molecule has 1 N–H and O–H groups in total. The Kier molecular flexibility index (Phi) is 5.99. The number of hydrogen-bond donors (Lipinski definition) is 1. The lowest BCUT2D eigenvalue weighted by molar-refractivity contribution is 0.0951. The standard InChI is InChI=1S/C27H24N6O/c1-20-9-5-8-14-24(20)26-25(17-33(31-26)23-12-3-2-4-13-23)27(34)29-15-21-10-6-7-11-22(21)16-32-19-28-18-30-32/h2-14,17-19H,15-16H2,1H3,(H,29,34). The van der Waals surface area contributed by atoms with E-state index in [0.29, 0.717) is 24.3 Å². The molecule has 168 valence electrons. The molecule has 5 rings (SSSR count). The molecular formula is C27H24N6O. The maximum absolute atomic E-state index is 13.4. The Bertz CT molecular complexity index is 1410. The highest BCUT2D eigenvalue weighted by Gasteiger charge is 2.20. The fourth-order valence-corrected chi connectivity index (χ4v) is 3.93. The summed E-state index contributed by atoms with van der Waals surface area (Å²) in [4.78, 5) is 17.4. The van der Waals surface area contributed by atoms with Crippen molar-refractivity contribution in [1.82, 2.24) is 29.9 Å². The maximum atomic E-state index is 13.4. The van der Waals surface area contributed by atoms with Gasteiger partial charge in [-0.15, -0.1) is 0 Å². The number of rotatable bonds is 7. The monoisotopic (exact) mass is 448 g/mol. The van der Waals surface area contributed by atoms with Gasteiger partial charge in [0, 0.05) is 18.3 Å². The molecule has 2 aromatic heterocycles. The Balaban J connectivity index is 1.44. The van der Waals surface area contributed by atoms with Crippen LogP contribution < -0.4 is 5.32 Å². The van der Waals surface area contributed by atoms with Crippen LogP contribution in [0.4, 0.5) is 0 Å². The van der Waals surface area contributed by atoms with Crippen molar-refractivity contribution >= 4 is 5.91 Å². The van der Waals surface area contributed by atoms with E-state index in [0.717, 1.165) is 27.9 Å². The van der Waals surface area contributed by atoms with Crippen LogP contribution in [-0.2, 0) is 13.1 Å². The molecule has 5 aromatic rings. The lowest BCUT2D eigenvalue weighted by Crippen LogP contribution is -2.24. The molecule has 0 aliphatic heterocycles. The zero-order chi connectivity index (χ0) is 23.3. The van der Waals surface area contributed by atoms with Crippen molar-refractivity contribution in [2.75, 3.05) is 0 Å². The number of para-hydroxylation sites is 1. The summed E-state index contributed by atoms with van der Waals surface area (Å²) < 4.78 is 3.52. The number of amides is 1. The maximum Gasteiger partial charge on any atom is 0.255 e. The van der Waals surface area contributed by atoms with Crippen molar-refractivity contribution in [2.24, 2.45) is 0 Å². The fourth-order valence-electron chi connectivity index (χ4n) is 3.93. The van der Waals surface area contributed by atoms with E-state index in [1.807, 2.05) is 85.8 Å². The molecule has 7 heteroatoms. The summed E-state index contributed by atoms with van der Waals surface area (Å²) in [5, 5.41) is 12.1. The third-order valence-corrected chi connectivity index (χ3v) is 5.74. The highest BCUT2D eigenvalue weighted by Crippen LogP contribution is 2.27. The summed E-state index contributed by atoms with van der Waals surface area (Å²) >= 11 is 0. The van der Waals surface area contributed by atoms with Crippen LogP contribution in [0, 0.1) is 6.92 Å². The number of hydrogen-bond acceptors (Lipinski definition) is 4. The summed E-state index contributed by atoms with van der Waals surface area (Å²) in [6.45, 7) is 3.01. The molecule has 3 aromatic carbocycles. The van der Waals surface area contributed by atoms with Crippen LogP contribution in [0.2, 0.25) is 0 Å². The van der Waals surface area contributed by atoms with E-state index in [1.165, 1.54) is 6.33 Å². The van der Waals surface area contributed by atoms with Crippen LogP contribution in [0.25, 0.3) is 16.9 Å². The summed E-state index contributed by atoms with van der Waals surface area (Å²) in [7, 11) is 0. The largest absolute Gasteiger partial charge is 0.348 e. The van der Waals surface area contributed by atoms with Gasteiger partial charge in [-0.05, 0) is 35.7 Å². The van der Waals surface area contributed by atoms with Crippen LogP contribution >= 0.6 is 0 Å². The van der Waals surface area contributed by atoms with E-state index in [1.54, 1.807) is 21.9 Å². The lowest BCUT2D eigenvalue weighted by atomic mass is 10.0. The molecule has 1 amide bonds. The first kappa shape index (κ1) is 21.3. The van der Waals surface area contributed by atoms with Crippen LogP contribution in [-0.4, -0.2) is 30.5 Å². The normalized spacial score (nSPS) is 10.9. The molecule has 2 heterocycles. The molecule has 0 bridgehead atoms. The van der Waals surface area contributed by atoms with Gasteiger partial charge < -0.3 is 5.32 Å². The van der Waals surface area contributed by atoms with Gasteiger partial charge in [0.05, 0.1) is 17.8 Å². The summed E-state index contributed by atoms with van der Waals surface area (Å²) in [5.74, 6) is -0.170. The van der Waals surface area contributed by atoms with E-state index in [4.69, 9.17) is 5.10 Å². The molecule has 0 spiro atoms. The average molecular weight is 449 g/mol. The molecule has 0 saturated carbocycles. The zero-order valence-electron chi connectivity index (χ0n) is 18.8. The predicted octanol–water partition coefficient (Wildman–Crippen LogP) is 4.42. The van der Waals surface area contributed by atoms with Crippen LogP contribution in [0.15, 0.2) is 97.7 Å². The second-order valence-electron chi connectivity index (χ2n) is 8.03. The highest BCUT2D eigenvalue weighted by molar-refractivity contribution is 6.00. The van der Waals surface area contributed by atoms with E-state index >= 15 is 0 Å². The molecular weight excluding hydrogens is 424 g/mol. The Morgan fingerprint density at radius 2 is 1.65 bits per heavy atom. The Labute approximate surface area is 197 Å². The Morgan fingerprint density at radius 1 is 0.912 bits per heavy atom. The lowest BCUT2D eigenvalue weighted by Gasteiger charge is -2.11. The zero-order valence-corrected chi connectivity index (χ0v) is 18.8. The fraction of sp³-hybridized carbons (Fsp3) is 0.111. The van der Waals surface area contributed by atoms with E-state index in [-0.39, 0.29) is 5.91 Å². The molecule has 0 aliphatic rings. The first-order valence-electron chi connectivity index (χ1n) is 11.1. The van der Waals surface area contributed by atoms with E-state index < -0.39 is 0 Å². The van der Waals surface area contributed by atoms with E-state index in [2.05, 4.69) is 15.4 Å². The third kappa shape index (κ3) is 4.49. The van der Waals surface area contributed by atoms with Crippen LogP contribution in [0.3, 0.4) is 0 Å². The number of aromatic nitrogens is 5. The first-order valence-corrected chi connectivity index (χ1v) is 11.1. The SMILES string of the molecule is Cc1ccccc1-c1nn(-c2ccccc2)cc1C(=O)NCc1ccccc1Cn1cncn1. The summed E-state index contributed by atoms with van der Waals surface area (Å²) in [6, 6.07) is 25.8. The van der Waals surface area contributed by atoms with Gasteiger partial charge in [0.1, 0.15) is 18.3 Å². The molecule has 0 aliphatic carbocycles. The highest BCUT2D eigenvalue weighted by atomic mass is 16.1. The quantitative estimate of drug-likeness (QED) is 0.400. The van der Waals surface area contributed by atoms with Crippen molar-refractivity contribution in [3.63, 3.8) is 0 Å². The van der Waals surface area contributed by atoms with Gasteiger partial charge in [-0.3, -0.25) is 4.79 Å². The minimum absolute atomic E-state index is 0.170. The number of carbonyl (C=O) groups excluding carboxylic acids is 1. The Hall–Kier alpha value is -4.52. The van der Waals surface area contributed by atoms with Gasteiger partial charge in [0.15, 0.2) is 0 Å². The first-order chi connectivity index (χ1) is 16.7. The number of carbonyl (C=O) groups is 1. The van der Waals surface area contributed by atoms with Crippen molar-refractivity contribution in [3.05, 3.63) is 120 Å². The summed E-state index contributed by atoms with van der Waals surface area (Å²) in [6.07, 6.45) is 5.00. The van der Waals surface area contributed by atoms with E-state index in [9.17, 15) is 4.79 Å².